The predicted molar refractivity (Wildman–Crippen MR) is 96.6 cm³/mol. The number of carbonyl (C=O) groups is 1. The van der Waals surface area contributed by atoms with Crippen LogP contribution in [0.3, 0.4) is 0 Å². The van der Waals surface area contributed by atoms with Gasteiger partial charge >= 0.3 is 5.97 Å². The van der Waals surface area contributed by atoms with Gasteiger partial charge in [0.2, 0.25) is 0 Å². The lowest BCUT2D eigenvalue weighted by Crippen LogP contribution is -2.49. The second-order valence-corrected chi connectivity index (χ2v) is 6.90. The molecule has 0 saturated carbocycles. The first kappa shape index (κ1) is 16.8. The molecule has 1 saturated heterocycles. The number of nitrogens with zero attached hydrogens (tertiary/aromatic N) is 1. The van der Waals surface area contributed by atoms with Crippen molar-refractivity contribution in [2.24, 2.45) is 0 Å². The van der Waals surface area contributed by atoms with Crippen LogP contribution in [0.5, 0.6) is 5.75 Å². The Morgan fingerprint density at radius 3 is 2.58 bits per heavy atom. The molecule has 0 unspecified atom stereocenters. The van der Waals surface area contributed by atoms with Crippen LogP contribution in [-0.4, -0.2) is 41.2 Å². The van der Waals surface area contributed by atoms with Crippen molar-refractivity contribution >= 4 is 11.5 Å². The molecule has 1 fully saturated rings. The van der Waals surface area contributed by atoms with Crippen LogP contribution in [0.25, 0.3) is 5.57 Å². The van der Waals surface area contributed by atoms with Crippen molar-refractivity contribution in [1.29, 1.82) is 0 Å². The smallest absolute Gasteiger partial charge is 0.317 e. The Bertz CT molecular complexity index is 855. The van der Waals surface area contributed by atoms with Gasteiger partial charge in [0.1, 0.15) is 17.2 Å². The maximum atomic E-state index is 13.8. The van der Waals surface area contributed by atoms with Gasteiger partial charge in [0.05, 0.1) is 6.54 Å². The van der Waals surface area contributed by atoms with Crippen molar-refractivity contribution in [3.05, 3.63) is 71.6 Å². The minimum atomic E-state index is -0.821. The topological polar surface area (TPSA) is 49.8 Å². The fourth-order valence-corrected chi connectivity index (χ4v) is 3.78. The second-order valence-electron chi connectivity index (χ2n) is 6.90. The number of carboxylic acid groups (broad SMARTS) is 1. The van der Waals surface area contributed by atoms with Crippen molar-refractivity contribution < 1.29 is 19.0 Å². The van der Waals surface area contributed by atoms with Crippen LogP contribution >= 0.6 is 0 Å². The van der Waals surface area contributed by atoms with Gasteiger partial charge in [-0.15, -0.1) is 0 Å². The SMILES string of the molecule is O=C(O)CN1CCC2(C=C(c3ccccc3)c3ccc(F)cc3O2)CC1. The van der Waals surface area contributed by atoms with E-state index >= 15 is 0 Å². The molecule has 2 aromatic carbocycles. The van der Waals surface area contributed by atoms with E-state index in [0.717, 1.165) is 16.7 Å². The molecule has 2 heterocycles. The van der Waals surface area contributed by atoms with Crippen LogP contribution in [0.4, 0.5) is 4.39 Å². The van der Waals surface area contributed by atoms with E-state index in [9.17, 15) is 9.18 Å². The van der Waals surface area contributed by atoms with Crippen molar-refractivity contribution in [3.8, 4) is 5.75 Å². The highest BCUT2D eigenvalue weighted by Gasteiger charge is 2.39. The molecule has 2 aliphatic rings. The van der Waals surface area contributed by atoms with Gasteiger partial charge in [-0.3, -0.25) is 9.69 Å². The Morgan fingerprint density at radius 1 is 1.15 bits per heavy atom. The summed E-state index contributed by atoms with van der Waals surface area (Å²) in [4.78, 5) is 12.9. The molecule has 5 heteroatoms. The molecule has 1 N–H and O–H groups in total. The van der Waals surface area contributed by atoms with Gasteiger partial charge in [-0.2, -0.15) is 0 Å². The number of ether oxygens (including phenoxy) is 1. The van der Waals surface area contributed by atoms with Crippen LogP contribution < -0.4 is 4.74 Å². The number of aliphatic carboxylic acids is 1. The molecule has 134 valence electrons. The van der Waals surface area contributed by atoms with E-state index in [2.05, 4.69) is 6.08 Å². The van der Waals surface area contributed by atoms with Crippen molar-refractivity contribution in [2.75, 3.05) is 19.6 Å². The first-order valence-corrected chi connectivity index (χ1v) is 8.76. The Morgan fingerprint density at radius 2 is 1.88 bits per heavy atom. The molecule has 2 aliphatic heterocycles. The molecular formula is C21H20FNO3. The van der Waals surface area contributed by atoms with Crippen molar-refractivity contribution in [3.63, 3.8) is 0 Å². The molecule has 26 heavy (non-hydrogen) atoms. The van der Waals surface area contributed by atoms with E-state index < -0.39 is 11.6 Å². The normalized spacial score (nSPS) is 18.7. The van der Waals surface area contributed by atoms with Crippen LogP contribution in [0, 0.1) is 5.82 Å². The average molecular weight is 353 g/mol. The Labute approximate surface area is 151 Å². The quantitative estimate of drug-likeness (QED) is 0.917. The molecule has 0 atom stereocenters. The van der Waals surface area contributed by atoms with Gasteiger partial charge in [0.25, 0.3) is 0 Å². The highest BCUT2D eigenvalue weighted by Crippen LogP contribution is 2.43. The summed E-state index contributed by atoms with van der Waals surface area (Å²) in [6, 6.07) is 14.7. The molecule has 0 bridgehead atoms. The largest absolute Gasteiger partial charge is 0.482 e. The predicted octanol–water partition coefficient (Wildman–Crippen LogP) is 3.57. The number of fused-ring (bicyclic) bond motifs is 1. The molecule has 4 rings (SSSR count). The van der Waals surface area contributed by atoms with E-state index in [1.54, 1.807) is 6.07 Å². The highest BCUT2D eigenvalue weighted by molar-refractivity contribution is 5.84. The summed E-state index contributed by atoms with van der Waals surface area (Å²) < 4.78 is 20.1. The minimum Gasteiger partial charge on any atom is -0.482 e. The lowest BCUT2D eigenvalue weighted by atomic mass is 9.83. The maximum Gasteiger partial charge on any atom is 0.317 e. The zero-order chi connectivity index (χ0) is 18.1. The number of benzene rings is 2. The fourth-order valence-electron chi connectivity index (χ4n) is 3.78. The van der Waals surface area contributed by atoms with Gasteiger partial charge in [-0.1, -0.05) is 30.3 Å². The first-order valence-electron chi connectivity index (χ1n) is 8.76. The Balaban J connectivity index is 1.70. The van der Waals surface area contributed by atoms with Crippen molar-refractivity contribution in [1.82, 2.24) is 4.90 Å². The third kappa shape index (κ3) is 3.22. The average Bonchev–Trinajstić information content (AvgIpc) is 2.63. The van der Waals surface area contributed by atoms with Crippen molar-refractivity contribution in [2.45, 2.75) is 18.4 Å². The third-order valence-corrected chi connectivity index (χ3v) is 5.10. The van der Waals surface area contributed by atoms with Crippen LogP contribution in [0.15, 0.2) is 54.6 Å². The van der Waals surface area contributed by atoms with E-state index in [0.29, 0.717) is 31.7 Å². The van der Waals surface area contributed by atoms with E-state index in [4.69, 9.17) is 9.84 Å². The zero-order valence-electron chi connectivity index (χ0n) is 14.3. The number of rotatable bonds is 3. The number of piperidine rings is 1. The molecule has 0 aliphatic carbocycles. The first-order chi connectivity index (χ1) is 12.5. The zero-order valence-corrected chi connectivity index (χ0v) is 14.3. The Kier molecular flexibility index (Phi) is 4.24. The van der Waals surface area contributed by atoms with Gasteiger partial charge in [-0.05, 0) is 29.3 Å². The maximum absolute atomic E-state index is 13.8. The minimum absolute atomic E-state index is 0.0382. The van der Waals surface area contributed by atoms with E-state index in [1.807, 2.05) is 35.2 Å². The number of halogens is 1. The summed E-state index contributed by atoms with van der Waals surface area (Å²) in [6.45, 7) is 1.31. The van der Waals surface area contributed by atoms with Gasteiger partial charge in [-0.25, -0.2) is 4.39 Å². The summed E-state index contributed by atoms with van der Waals surface area (Å²) in [5.74, 6) is -0.590. The monoisotopic (exact) mass is 353 g/mol. The molecule has 0 amide bonds. The lowest BCUT2D eigenvalue weighted by Gasteiger charge is -2.42. The second kappa shape index (κ2) is 6.57. The number of likely N-dealkylation sites (tertiary alicyclic amines) is 1. The van der Waals surface area contributed by atoms with Gasteiger partial charge < -0.3 is 9.84 Å². The standard InChI is InChI=1S/C21H20FNO3/c22-16-6-7-17-18(15-4-2-1-3-5-15)13-21(26-19(17)12-16)8-10-23(11-9-21)14-20(24)25/h1-7,12-13H,8-11,14H2,(H,24,25). The molecule has 0 aromatic heterocycles. The van der Waals surface area contributed by atoms with Crippen LogP contribution in [0.1, 0.15) is 24.0 Å². The lowest BCUT2D eigenvalue weighted by molar-refractivity contribution is -0.139. The van der Waals surface area contributed by atoms with Crippen LogP contribution in [-0.2, 0) is 4.79 Å². The fraction of sp³-hybridized carbons (Fsp3) is 0.286. The summed E-state index contributed by atoms with van der Waals surface area (Å²) in [5, 5.41) is 8.99. The number of carboxylic acids is 1. The highest BCUT2D eigenvalue weighted by atomic mass is 19.1. The Hall–Kier alpha value is -2.66. The third-order valence-electron chi connectivity index (χ3n) is 5.10. The molecule has 4 nitrogen and oxygen atoms in total. The summed E-state index contributed by atoms with van der Waals surface area (Å²) >= 11 is 0. The summed E-state index contributed by atoms with van der Waals surface area (Å²) in [5.41, 5.74) is 2.46. The van der Waals surface area contributed by atoms with Gasteiger partial charge in [0, 0.05) is 37.6 Å². The molecule has 0 radical (unpaired) electrons. The van der Waals surface area contributed by atoms with Crippen LogP contribution in [0.2, 0.25) is 0 Å². The van der Waals surface area contributed by atoms with Gasteiger partial charge in [0.15, 0.2) is 0 Å². The van der Waals surface area contributed by atoms with E-state index in [1.165, 1.54) is 12.1 Å². The number of hydrogen-bond donors (Lipinski definition) is 1. The molecular weight excluding hydrogens is 333 g/mol. The van der Waals surface area contributed by atoms with E-state index in [-0.39, 0.29) is 12.4 Å². The number of hydrogen-bond acceptors (Lipinski definition) is 3. The summed E-state index contributed by atoms with van der Waals surface area (Å²) in [7, 11) is 0. The molecule has 1 spiro atoms. The summed E-state index contributed by atoms with van der Waals surface area (Å²) in [6.07, 6.45) is 3.49. The molecule has 2 aromatic rings.